The molecule has 0 saturated heterocycles. The molecule has 122 valence electrons. The van der Waals surface area contributed by atoms with Gasteiger partial charge in [-0.25, -0.2) is 9.97 Å². The van der Waals surface area contributed by atoms with Crippen LogP contribution in [0.4, 0.5) is 5.82 Å². The molecule has 0 fully saturated rings. The molecule has 1 amide bonds. The molecule has 0 aromatic carbocycles. The third kappa shape index (κ3) is 2.30. The zero-order chi connectivity index (χ0) is 16.9. The molecule has 1 aliphatic rings. The molecule has 3 aromatic heterocycles. The van der Waals surface area contributed by atoms with Gasteiger partial charge in [0.2, 0.25) is 0 Å². The summed E-state index contributed by atoms with van der Waals surface area (Å²) < 4.78 is 2.11. The van der Waals surface area contributed by atoms with E-state index in [1.807, 2.05) is 6.20 Å². The second-order valence-corrected chi connectivity index (χ2v) is 6.92. The summed E-state index contributed by atoms with van der Waals surface area (Å²) in [5.74, 6) is 1.03. The van der Waals surface area contributed by atoms with E-state index in [2.05, 4.69) is 38.7 Å². The number of aromatic amines is 1. The molecule has 4 heterocycles. The minimum absolute atomic E-state index is 0.0881. The van der Waals surface area contributed by atoms with Crippen molar-refractivity contribution in [1.82, 2.24) is 19.5 Å². The number of carbonyl (C=O) groups is 1. The van der Waals surface area contributed by atoms with E-state index in [0.29, 0.717) is 16.4 Å². The van der Waals surface area contributed by atoms with E-state index in [1.165, 1.54) is 6.20 Å². The van der Waals surface area contributed by atoms with Crippen LogP contribution >= 0.6 is 11.6 Å². The van der Waals surface area contributed by atoms with E-state index in [9.17, 15) is 4.79 Å². The number of hydrogen-bond acceptors (Lipinski definition) is 3. The number of pyridine rings is 1. The van der Waals surface area contributed by atoms with Gasteiger partial charge in [0.15, 0.2) is 0 Å². The summed E-state index contributed by atoms with van der Waals surface area (Å²) in [5.41, 5.74) is 2.35. The molecular formula is C17H16ClN5O. The summed E-state index contributed by atoms with van der Waals surface area (Å²) in [6.07, 6.45) is 7.75. The highest BCUT2D eigenvalue weighted by Crippen LogP contribution is 2.38. The minimum atomic E-state index is -0.225. The first-order valence-electron chi connectivity index (χ1n) is 7.63. The Balaban J connectivity index is 1.72. The fourth-order valence-electron chi connectivity index (χ4n) is 3.17. The average molecular weight is 342 g/mol. The number of carbonyl (C=O) groups excluding carboxylic acids is 1. The quantitative estimate of drug-likeness (QED) is 0.749. The molecule has 0 radical (unpaired) electrons. The summed E-state index contributed by atoms with van der Waals surface area (Å²) in [5, 5.41) is 3.32. The standard InChI is InChI=1S/C17H16ClN5O/c1-17(2)7-12-14(15-19-5-6-23(15)17)11(9-20-12)16(24)22-13-4-3-10(18)8-21-13/h3-6,8-9,20H,7H2,1-2H3,(H,21,22,24). The third-order valence-electron chi connectivity index (χ3n) is 4.30. The number of nitrogens with one attached hydrogen (secondary N) is 2. The van der Waals surface area contributed by atoms with Crippen molar-refractivity contribution in [2.24, 2.45) is 0 Å². The lowest BCUT2D eigenvalue weighted by molar-refractivity contribution is 0.102. The predicted octanol–water partition coefficient (Wildman–Crippen LogP) is 3.47. The van der Waals surface area contributed by atoms with E-state index in [0.717, 1.165) is 23.5 Å². The first-order chi connectivity index (χ1) is 11.5. The van der Waals surface area contributed by atoms with Gasteiger partial charge in [-0.05, 0) is 26.0 Å². The summed E-state index contributed by atoms with van der Waals surface area (Å²) in [7, 11) is 0. The predicted molar refractivity (Wildman–Crippen MR) is 92.2 cm³/mol. The van der Waals surface area contributed by atoms with E-state index < -0.39 is 0 Å². The Kier molecular flexibility index (Phi) is 3.25. The number of amides is 1. The smallest absolute Gasteiger partial charge is 0.259 e. The van der Waals surface area contributed by atoms with Crippen molar-refractivity contribution in [2.75, 3.05) is 5.32 Å². The van der Waals surface area contributed by atoms with Crippen LogP contribution in [0.2, 0.25) is 5.02 Å². The molecule has 0 spiro atoms. The van der Waals surface area contributed by atoms with Crippen molar-refractivity contribution in [3.63, 3.8) is 0 Å². The van der Waals surface area contributed by atoms with Crippen molar-refractivity contribution in [3.05, 3.63) is 53.2 Å². The third-order valence-corrected chi connectivity index (χ3v) is 4.52. The van der Waals surface area contributed by atoms with Crippen LogP contribution in [-0.2, 0) is 12.0 Å². The highest BCUT2D eigenvalue weighted by molar-refractivity contribution is 6.30. The van der Waals surface area contributed by atoms with E-state index in [4.69, 9.17) is 11.6 Å². The normalized spacial score (nSPS) is 14.8. The van der Waals surface area contributed by atoms with E-state index in [1.54, 1.807) is 24.5 Å². The van der Waals surface area contributed by atoms with Gasteiger partial charge in [0.25, 0.3) is 5.91 Å². The fourth-order valence-corrected chi connectivity index (χ4v) is 3.28. The maximum absolute atomic E-state index is 12.7. The highest BCUT2D eigenvalue weighted by Gasteiger charge is 2.34. The van der Waals surface area contributed by atoms with Crippen molar-refractivity contribution < 1.29 is 4.79 Å². The molecular weight excluding hydrogens is 326 g/mol. The van der Waals surface area contributed by atoms with Crippen LogP contribution in [0.1, 0.15) is 29.9 Å². The van der Waals surface area contributed by atoms with Gasteiger partial charge in [0, 0.05) is 42.4 Å². The molecule has 0 saturated carbocycles. The van der Waals surface area contributed by atoms with Crippen molar-refractivity contribution >= 4 is 23.3 Å². The van der Waals surface area contributed by atoms with Crippen LogP contribution in [0.5, 0.6) is 0 Å². The molecule has 24 heavy (non-hydrogen) atoms. The minimum Gasteiger partial charge on any atom is -0.364 e. The van der Waals surface area contributed by atoms with Gasteiger partial charge in [-0.2, -0.15) is 0 Å². The van der Waals surface area contributed by atoms with Crippen molar-refractivity contribution in [3.8, 4) is 11.4 Å². The average Bonchev–Trinajstić information content (AvgIpc) is 3.15. The molecule has 0 bridgehead atoms. The van der Waals surface area contributed by atoms with Gasteiger partial charge >= 0.3 is 0 Å². The maximum Gasteiger partial charge on any atom is 0.259 e. The molecule has 0 unspecified atom stereocenters. The lowest BCUT2D eigenvalue weighted by Crippen LogP contribution is -2.33. The number of imidazole rings is 1. The summed E-state index contributed by atoms with van der Waals surface area (Å²) in [6, 6.07) is 3.36. The number of anilines is 1. The highest BCUT2D eigenvalue weighted by atomic mass is 35.5. The molecule has 2 N–H and O–H groups in total. The second kappa shape index (κ2) is 5.21. The monoisotopic (exact) mass is 341 g/mol. The molecule has 7 heteroatoms. The van der Waals surface area contributed by atoms with Crippen LogP contribution in [0, 0.1) is 0 Å². The second-order valence-electron chi connectivity index (χ2n) is 6.48. The lowest BCUT2D eigenvalue weighted by atomic mass is 9.90. The topological polar surface area (TPSA) is 75.6 Å². The van der Waals surface area contributed by atoms with Crippen molar-refractivity contribution in [2.45, 2.75) is 25.8 Å². The first kappa shape index (κ1) is 15.0. The number of aromatic nitrogens is 4. The Bertz CT molecular complexity index is 923. The molecule has 0 atom stereocenters. The first-order valence-corrected chi connectivity index (χ1v) is 8.01. The molecule has 4 rings (SSSR count). The van der Waals surface area contributed by atoms with Gasteiger partial charge in [0.1, 0.15) is 11.6 Å². The molecule has 6 nitrogen and oxygen atoms in total. The van der Waals surface area contributed by atoms with Crippen LogP contribution in [0.15, 0.2) is 36.9 Å². The largest absolute Gasteiger partial charge is 0.364 e. The zero-order valence-corrected chi connectivity index (χ0v) is 14.1. The van der Waals surface area contributed by atoms with Crippen LogP contribution in [0.3, 0.4) is 0 Å². The summed E-state index contributed by atoms with van der Waals surface area (Å²) >= 11 is 5.82. The fraction of sp³-hybridized carbons (Fsp3) is 0.235. The molecule has 0 aliphatic carbocycles. The Morgan fingerprint density at radius 1 is 1.38 bits per heavy atom. The number of hydrogen-bond donors (Lipinski definition) is 2. The number of H-pyrrole nitrogens is 1. The van der Waals surface area contributed by atoms with Crippen LogP contribution in [0.25, 0.3) is 11.4 Å². The number of fused-ring (bicyclic) bond motifs is 3. The molecule has 1 aliphatic heterocycles. The maximum atomic E-state index is 12.7. The Morgan fingerprint density at radius 2 is 2.21 bits per heavy atom. The van der Waals surface area contributed by atoms with Crippen LogP contribution in [-0.4, -0.2) is 25.4 Å². The van der Waals surface area contributed by atoms with Gasteiger partial charge in [0.05, 0.1) is 16.1 Å². The Morgan fingerprint density at radius 3 is 2.96 bits per heavy atom. The Labute approximate surface area is 143 Å². The van der Waals surface area contributed by atoms with Crippen LogP contribution < -0.4 is 5.32 Å². The van der Waals surface area contributed by atoms with Gasteiger partial charge in [-0.15, -0.1) is 0 Å². The summed E-state index contributed by atoms with van der Waals surface area (Å²) in [4.78, 5) is 24.5. The van der Waals surface area contributed by atoms with Gasteiger partial charge < -0.3 is 14.9 Å². The van der Waals surface area contributed by atoms with Gasteiger partial charge in [-0.1, -0.05) is 11.6 Å². The lowest BCUT2D eigenvalue weighted by Gasteiger charge is -2.32. The molecule has 3 aromatic rings. The van der Waals surface area contributed by atoms with E-state index in [-0.39, 0.29) is 11.4 Å². The van der Waals surface area contributed by atoms with E-state index >= 15 is 0 Å². The number of nitrogens with zero attached hydrogens (tertiary/aromatic N) is 3. The van der Waals surface area contributed by atoms with Crippen molar-refractivity contribution in [1.29, 1.82) is 0 Å². The van der Waals surface area contributed by atoms with Gasteiger partial charge in [-0.3, -0.25) is 4.79 Å². The Hall–Kier alpha value is -2.60. The number of rotatable bonds is 2. The zero-order valence-electron chi connectivity index (χ0n) is 13.3. The summed E-state index contributed by atoms with van der Waals surface area (Å²) in [6.45, 7) is 4.30. The SMILES string of the molecule is CC1(C)Cc2[nH]cc(C(=O)Nc3ccc(Cl)cn3)c2-c2nccn21. The number of halogens is 1.